The van der Waals surface area contributed by atoms with Gasteiger partial charge in [-0.05, 0) is 49.8 Å². The summed E-state index contributed by atoms with van der Waals surface area (Å²) in [5.41, 5.74) is 1.95. The first-order valence-corrected chi connectivity index (χ1v) is 11.7. The van der Waals surface area contributed by atoms with Gasteiger partial charge in [0.2, 0.25) is 0 Å². The number of halogens is 3. The van der Waals surface area contributed by atoms with Gasteiger partial charge in [0.05, 0.1) is 0 Å². The Bertz CT molecular complexity index is 954. The molecule has 0 bridgehead atoms. The van der Waals surface area contributed by atoms with E-state index >= 15 is 0 Å². The summed E-state index contributed by atoms with van der Waals surface area (Å²) in [5, 5.41) is 9.89. The monoisotopic (exact) mass is 474 g/mol. The number of aliphatic hydroxyl groups is 1. The van der Waals surface area contributed by atoms with Crippen LogP contribution in [0.3, 0.4) is 0 Å². The van der Waals surface area contributed by atoms with E-state index in [1.807, 2.05) is 73.7 Å². The van der Waals surface area contributed by atoms with Gasteiger partial charge in [0, 0.05) is 43.8 Å². The Morgan fingerprint density at radius 2 is 1.65 bits per heavy atom. The minimum absolute atomic E-state index is 0.208. The zero-order chi connectivity index (χ0) is 24.7. The second-order valence-corrected chi connectivity index (χ2v) is 8.47. The fourth-order valence-corrected chi connectivity index (χ4v) is 4.19. The molecule has 0 saturated heterocycles. The van der Waals surface area contributed by atoms with Crippen LogP contribution >= 0.6 is 0 Å². The van der Waals surface area contributed by atoms with E-state index in [0.717, 1.165) is 24.3 Å². The molecule has 7 heteroatoms. The van der Waals surface area contributed by atoms with Crippen LogP contribution in [-0.2, 0) is 6.54 Å². The molecule has 2 aromatic carbocycles. The lowest BCUT2D eigenvalue weighted by atomic mass is 9.92. The number of benzene rings is 2. The lowest BCUT2D eigenvalue weighted by molar-refractivity contribution is -0.209. The van der Waals surface area contributed by atoms with Crippen LogP contribution in [0.5, 0.6) is 5.75 Å². The molecular weight excluding hydrogens is 441 g/mol. The Morgan fingerprint density at radius 1 is 1.00 bits per heavy atom. The maximum absolute atomic E-state index is 13.3. The minimum Gasteiger partial charge on any atom is -0.461 e. The van der Waals surface area contributed by atoms with Crippen LogP contribution in [0.1, 0.15) is 26.3 Å². The molecule has 0 heterocycles. The topological polar surface area (TPSA) is 35.9 Å². The van der Waals surface area contributed by atoms with Crippen LogP contribution in [0.4, 0.5) is 18.9 Å². The van der Waals surface area contributed by atoms with Crippen LogP contribution in [-0.4, -0.2) is 48.0 Å². The summed E-state index contributed by atoms with van der Waals surface area (Å²) >= 11 is 0. The first-order valence-electron chi connectivity index (χ1n) is 11.7. The summed E-state index contributed by atoms with van der Waals surface area (Å²) in [4.78, 5) is 3.88. The number of hydrogen-bond acceptors (Lipinski definition) is 4. The van der Waals surface area contributed by atoms with Gasteiger partial charge in [0.1, 0.15) is 11.5 Å². The van der Waals surface area contributed by atoms with E-state index in [-0.39, 0.29) is 18.5 Å². The third-order valence-corrected chi connectivity index (χ3v) is 6.17. The molecule has 34 heavy (non-hydrogen) atoms. The molecular formula is C27H33F3N2O2. The Morgan fingerprint density at radius 3 is 2.24 bits per heavy atom. The number of rotatable bonds is 10. The molecule has 3 unspecified atom stereocenters. The highest BCUT2D eigenvalue weighted by atomic mass is 19.4. The number of hydrogen-bond donors (Lipinski definition) is 1. The molecule has 0 saturated carbocycles. The van der Waals surface area contributed by atoms with Crippen molar-refractivity contribution in [3.8, 4) is 5.75 Å². The first-order chi connectivity index (χ1) is 16.2. The van der Waals surface area contributed by atoms with Crippen molar-refractivity contribution in [1.82, 2.24) is 4.90 Å². The molecule has 2 aromatic rings. The molecule has 0 spiro atoms. The fraction of sp³-hybridized carbons (Fsp3) is 0.407. The average Bonchev–Trinajstić information content (AvgIpc) is 2.82. The van der Waals surface area contributed by atoms with Gasteiger partial charge in [-0.15, -0.1) is 0 Å². The van der Waals surface area contributed by atoms with E-state index < -0.39 is 18.8 Å². The van der Waals surface area contributed by atoms with Gasteiger partial charge < -0.3 is 14.7 Å². The van der Waals surface area contributed by atoms with E-state index in [4.69, 9.17) is 4.74 Å². The smallest absolute Gasteiger partial charge is 0.415 e. The van der Waals surface area contributed by atoms with Crippen molar-refractivity contribution in [3.63, 3.8) is 0 Å². The lowest BCUT2D eigenvalue weighted by Gasteiger charge is -2.37. The van der Waals surface area contributed by atoms with Gasteiger partial charge in [0.15, 0.2) is 6.10 Å². The normalized spacial score (nSPS) is 19.1. The van der Waals surface area contributed by atoms with Crippen LogP contribution in [0, 0.1) is 5.92 Å². The number of ether oxygens (including phenoxy) is 1. The standard InChI is InChI=1S/C27H33F3N2O2/c1-4-31(5-2)22-16-14-21(15-17-22)18-32(19-26(33)27(28,29)30)24-12-9-13-25(20(24)3)34-23-10-7-6-8-11-23/h6-17,20,24,26,33H,4-5,18-19H2,1-3H3. The molecule has 1 N–H and O–H groups in total. The van der Waals surface area contributed by atoms with Crippen LogP contribution in [0.15, 0.2) is 78.6 Å². The SMILES string of the molecule is CCN(CC)c1ccc(CN(CC(O)C(F)(F)F)C2C=CC=C(Oc3ccccc3)C2C)cc1. The molecule has 3 atom stereocenters. The van der Waals surface area contributed by atoms with Gasteiger partial charge in [-0.3, -0.25) is 4.90 Å². The summed E-state index contributed by atoms with van der Waals surface area (Å²) in [6, 6.07) is 16.8. The molecule has 3 rings (SSSR count). The molecule has 0 aliphatic heterocycles. The molecule has 4 nitrogen and oxygen atoms in total. The van der Waals surface area contributed by atoms with Crippen molar-refractivity contribution < 1.29 is 23.0 Å². The third-order valence-electron chi connectivity index (χ3n) is 6.17. The van der Waals surface area contributed by atoms with E-state index in [1.54, 1.807) is 11.0 Å². The predicted octanol–water partition coefficient (Wildman–Crippen LogP) is 5.80. The lowest BCUT2D eigenvalue weighted by Crippen LogP contribution is -2.47. The zero-order valence-electron chi connectivity index (χ0n) is 19.9. The van der Waals surface area contributed by atoms with Crippen molar-refractivity contribution in [2.45, 2.75) is 45.6 Å². The highest BCUT2D eigenvalue weighted by Gasteiger charge is 2.41. The van der Waals surface area contributed by atoms with Crippen LogP contribution in [0.25, 0.3) is 0 Å². The van der Waals surface area contributed by atoms with E-state index in [9.17, 15) is 18.3 Å². The number of nitrogens with zero attached hydrogens (tertiary/aromatic N) is 2. The van der Waals surface area contributed by atoms with Crippen molar-refractivity contribution in [3.05, 3.63) is 84.1 Å². The molecule has 1 aliphatic carbocycles. The Labute approximate surface area is 200 Å². The van der Waals surface area contributed by atoms with E-state index in [1.165, 1.54) is 0 Å². The average molecular weight is 475 g/mol. The van der Waals surface area contributed by atoms with E-state index in [0.29, 0.717) is 11.5 Å². The number of anilines is 1. The Balaban J connectivity index is 1.81. The number of allylic oxidation sites excluding steroid dienone is 2. The minimum atomic E-state index is -4.69. The highest BCUT2D eigenvalue weighted by molar-refractivity contribution is 5.47. The van der Waals surface area contributed by atoms with Gasteiger partial charge >= 0.3 is 6.18 Å². The zero-order valence-corrected chi connectivity index (χ0v) is 19.9. The summed E-state index contributed by atoms with van der Waals surface area (Å²) in [5.74, 6) is 1.13. The van der Waals surface area contributed by atoms with Gasteiger partial charge in [-0.2, -0.15) is 13.2 Å². The fourth-order valence-electron chi connectivity index (χ4n) is 4.19. The van der Waals surface area contributed by atoms with Gasteiger partial charge in [-0.25, -0.2) is 0 Å². The maximum Gasteiger partial charge on any atom is 0.415 e. The predicted molar refractivity (Wildman–Crippen MR) is 130 cm³/mol. The quantitative estimate of drug-likeness (QED) is 0.473. The number of aliphatic hydroxyl groups excluding tert-OH is 1. The Hall–Kier alpha value is -2.77. The molecule has 1 aliphatic rings. The van der Waals surface area contributed by atoms with Crippen LogP contribution < -0.4 is 9.64 Å². The highest BCUT2D eigenvalue weighted by Crippen LogP contribution is 2.30. The van der Waals surface area contributed by atoms with Crippen LogP contribution in [0.2, 0.25) is 0 Å². The summed E-state index contributed by atoms with van der Waals surface area (Å²) in [6.45, 7) is 7.58. The summed E-state index contributed by atoms with van der Waals surface area (Å²) < 4.78 is 45.8. The molecule has 0 amide bonds. The van der Waals surface area contributed by atoms with Crippen molar-refractivity contribution in [2.24, 2.45) is 5.92 Å². The summed E-state index contributed by atoms with van der Waals surface area (Å²) in [6.07, 6.45) is -1.61. The number of alkyl halides is 3. The van der Waals surface area contributed by atoms with Gasteiger partial charge in [0.25, 0.3) is 0 Å². The first kappa shape index (κ1) is 25.8. The van der Waals surface area contributed by atoms with Crippen molar-refractivity contribution in [1.29, 1.82) is 0 Å². The molecule has 0 aromatic heterocycles. The largest absolute Gasteiger partial charge is 0.461 e. The second-order valence-electron chi connectivity index (χ2n) is 8.47. The number of para-hydroxylation sites is 1. The van der Waals surface area contributed by atoms with Gasteiger partial charge in [-0.1, -0.05) is 49.4 Å². The summed E-state index contributed by atoms with van der Waals surface area (Å²) in [7, 11) is 0. The van der Waals surface area contributed by atoms with E-state index in [2.05, 4.69) is 18.7 Å². The van der Waals surface area contributed by atoms with Crippen molar-refractivity contribution >= 4 is 5.69 Å². The van der Waals surface area contributed by atoms with Crippen molar-refractivity contribution in [2.75, 3.05) is 24.5 Å². The Kier molecular flexibility index (Phi) is 8.80. The molecule has 0 fully saturated rings. The second kappa shape index (κ2) is 11.6. The third kappa shape index (κ3) is 6.64. The molecule has 184 valence electrons. The molecule has 0 radical (unpaired) electrons. The maximum atomic E-state index is 13.3.